The standard InChI is InChI=1S/C25H29N5O3S/c1-18(31)19-3-7-21(8-4-19)28-25-30(12-11-27-24(32)26-2)23(17-34-25)20-5-9-22(10-6-20)29-13-15-33-16-14-29/h3-10,17H,11-16H2,1-2H3,(H2,26,27,32). The summed E-state index contributed by atoms with van der Waals surface area (Å²) in [6.45, 7) is 5.89. The van der Waals surface area contributed by atoms with Crippen LogP contribution in [0.5, 0.6) is 0 Å². The first-order valence-corrected chi connectivity index (χ1v) is 12.2. The molecule has 2 amide bonds. The third-order valence-electron chi connectivity index (χ3n) is 5.68. The van der Waals surface area contributed by atoms with Crippen LogP contribution in [0.3, 0.4) is 0 Å². The van der Waals surface area contributed by atoms with Gasteiger partial charge in [0.25, 0.3) is 0 Å². The van der Waals surface area contributed by atoms with E-state index in [0.29, 0.717) is 18.7 Å². The largest absolute Gasteiger partial charge is 0.378 e. The Morgan fingerprint density at radius 1 is 1.06 bits per heavy atom. The molecule has 1 aromatic heterocycles. The van der Waals surface area contributed by atoms with E-state index in [9.17, 15) is 9.59 Å². The zero-order valence-corrected chi connectivity index (χ0v) is 20.2. The van der Waals surface area contributed by atoms with E-state index < -0.39 is 0 Å². The fourth-order valence-corrected chi connectivity index (χ4v) is 4.74. The Bertz CT molecular complexity index is 1190. The summed E-state index contributed by atoms with van der Waals surface area (Å²) in [6.07, 6.45) is 0. The Kier molecular flexibility index (Phi) is 7.76. The van der Waals surface area contributed by atoms with Crippen molar-refractivity contribution in [3.8, 4) is 11.3 Å². The van der Waals surface area contributed by atoms with Crippen LogP contribution in [-0.2, 0) is 11.3 Å². The summed E-state index contributed by atoms with van der Waals surface area (Å²) in [6, 6.07) is 15.6. The average Bonchev–Trinajstić information content (AvgIpc) is 3.27. The van der Waals surface area contributed by atoms with Gasteiger partial charge in [-0.2, -0.15) is 0 Å². The minimum atomic E-state index is -0.217. The van der Waals surface area contributed by atoms with Crippen molar-refractivity contribution in [2.45, 2.75) is 13.5 Å². The topological polar surface area (TPSA) is 88.0 Å². The number of aromatic nitrogens is 1. The Labute approximate surface area is 202 Å². The van der Waals surface area contributed by atoms with E-state index in [-0.39, 0.29) is 11.8 Å². The first kappa shape index (κ1) is 23.7. The smallest absolute Gasteiger partial charge is 0.314 e. The summed E-state index contributed by atoms with van der Waals surface area (Å²) >= 11 is 1.55. The van der Waals surface area contributed by atoms with Gasteiger partial charge in [0, 0.05) is 49.9 Å². The molecular weight excluding hydrogens is 450 g/mol. The highest BCUT2D eigenvalue weighted by Gasteiger charge is 2.13. The zero-order chi connectivity index (χ0) is 23.9. The van der Waals surface area contributed by atoms with Crippen molar-refractivity contribution >= 4 is 34.5 Å². The van der Waals surface area contributed by atoms with Crippen LogP contribution in [0.2, 0.25) is 0 Å². The summed E-state index contributed by atoms with van der Waals surface area (Å²) in [5, 5.41) is 7.51. The molecule has 2 heterocycles. The van der Waals surface area contributed by atoms with Gasteiger partial charge in [-0.05, 0) is 48.9 Å². The second kappa shape index (κ2) is 11.1. The molecule has 0 spiro atoms. The van der Waals surface area contributed by atoms with Crippen LogP contribution in [0.15, 0.2) is 58.9 Å². The Morgan fingerprint density at radius 3 is 2.41 bits per heavy atom. The van der Waals surface area contributed by atoms with Crippen molar-refractivity contribution in [1.29, 1.82) is 0 Å². The number of hydrogen-bond donors (Lipinski definition) is 2. The highest BCUT2D eigenvalue weighted by molar-refractivity contribution is 7.07. The van der Waals surface area contributed by atoms with Gasteiger partial charge in [-0.25, -0.2) is 9.79 Å². The van der Waals surface area contributed by atoms with Crippen molar-refractivity contribution in [3.63, 3.8) is 0 Å². The molecule has 1 fully saturated rings. The van der Waals surface area contributed by atoms with E-state index in [1.165, 1.54) is 5.69 Å². The maximum absolute atomic E-state index is 11.7. The number of ether oxygens (including phenoxy) is 1. The number of thiazole rings is 1. The van der Waals surface area contributed by atoms with Crippen LogP contribution >= 0.6 is 11.3 Å². The second-order valence-corrected chi connectivity index (χ2v) is 8.76. The van der Waals surface area contributed by atoms with Crippen LogP contribution in [0.1, 0.15) is 17.3 Å². The average molecular weight is 480 g/mol. The van der Waals surface area contributed by atoms with Gasteiger partial charge in [-0.3, -0.25) is 4.79 Å². The molecule has 0 aliphatic carbocycles. The molecule has 3 aromatic rings. The predicted molar refractivity (Wildman–Crippen MR) is 135 cm³/mol. The molecule has 0 radical (unpaired) electrons. The van der Waals surface area contributed by atoms with E-state index in [1.807, 2.05) is 12.1 Å². The fourth-order valence-electron chi connectivity index (χ4n) is 3.78. The Balaban J connectivity index is 1.64. The number of amides is 2. The molecule has 2 N–H and O–H groups in total. The lowest BCUT2D eigenvalue weighted by molar-refractivity contribution is 0.101. The molecule has 0 unspecified atom stereocenters. The monoisotopic (exact) mass is 479 g/mol. The maximum atomic E-state index is 11.7. The lowest BCUT2D eigenvalue weighted by atomic mass is 10.1. The summed E-state index contributed by atoms with van der Waals surface area (Å²) < 4.78 is 7.57. The molecule has 2 aromatic carbocycles. The molecule has 1 aliphatic rings. The number of benzene rings is 2. The lowest BCUT2D eigenvalue weighted by Gasteiger charge is -2.28. The first-order valence-electron chi connectivity index (χ1n) is 11.3. The summed E-state index contributed by atoms with van der Waals surface area (Å²) in [5.41, 5.74) is 4.74. The molecule has 9 heteroatoms. The highest BCUT2D eigenvalue weighted by atomic mass is 32.1. The van der Waals surface area contributed by atoms with Gasteiger partial charge < -0.3 is 24.8 Å². The summed E-state index contributed by atoms with van der Waals surface area (Å²) in [4.78, 5) is 31.2. The number of rotatable bonds is 7. The molecule has 1 aliphatic heterocycles. The minimum absolute atomic E-state index is 0.0285. The number of carbonyl (C=O) groups is 2. The van der Waals surface area contributed by atoms with E-state index in [1.54, 1.807) is 37.4 Å². The van der Waals surface area contributed by atoms with Crippen LogP contribution < -0.4 is 20.3 Å². The summed E-state index contributed by atoms with van der Waals surface area (Å²) in [7, 11) is 1.60. The van der Waals surface area contributed by atoms with Gasteiger partial charge in [0.1, 0.15) is 0 Å². The number of Topliss-reactive ketones (excluding diaryl/α,β-unsaturated/α-hetero) is 1. The number of morpholine rings is 1. The Morgan fingerprint density at radius 2 is 1.76 bits per heavy atom. The number of nitrogens with zero attached hydrogens (tertiary/aromatic N) is 3. The molecule has 1 saturated heterocycles. The minimum Gasteiger partial charge on any atom is -0.378 e. The number of ketones is 1. The highest BCUT2D eigenvalue weighted by Crippen LogP contribution is 2.25. The van der Waals surface area contributed by atoms with E-state index in [2.05, 4.69) is 49.7 Å². The predicted octanol–water partition coefficient (Wildman–Crippen LogP) is 3.42. The van der Waals surface area contributed by atoms with Gasteiger partial charge in [0.15, 0.2) is 10.6 Å². The van der Waals surface area contributed by atoms with Crippen molar-refractivity contribution in [2.75, 3.05) is 44.8 Å². The summed E-state index contributed by atoms with van der Waals surface area (Å²) in [5.74, 6) is 0.0285. The normalized spacial score (nSPS) is 14.2. The van der Waals surface area contributed by atoms with E-state index in [4.69, 9.17) is 9.73 Å². The molecule has 8 nitrogen and oxygen atoms in total. The third-order valence-corrected chi connectivity index (χ3v) is 6.55. The number of urea groups is 1. The number of hydrogen-bond acceptors (Lipinski definition) is 6. The number of anilines is 1. The van der Waals surface area contributed by atoms with Crippen molar-refractivity contribution in [2.24, 2.45) is 4.99 Å². The van der Waals surface area contributed by atoms with Crippen molar-refractivity contribution in [3.05, 3.63) is 64.3 Å². The van der Waals surface area contributed by atoms with Gasteiger partial charge in [0.05, 0.1) is 24.6 Å². The van der Waals surface area contributed by atoms with Crippen molar-refractivity contribution in [1.82, 2.24) is 15.2 Å². The lowest BCUT2D eigenvalue weighted by Crippen LogP contribution is -2.36. The second-order valence-electron chi connectivity index (χ2n) is 7.92. The van der Waals surface area contributed by atoms with Gasteiger partial charge in [-0.1, -0.05) is 12.1 Å². The zero-order valence-electron chi connectivity index (χ0n) is 19.4. The van der Waals surface area contributed by atoms with E-state index in [0.717, 1.165) is 48.0 Å². The fraction of sp³-hybridized carbons (Fsp3) is 0.320. The number of nitrogens with one attached hydrogen (secondary N) is 2. The van der Waals surface area contributed by atoms with E-state index >= 15 is 0 Å². The van der Waals surface area contributed by atoms with Crippen LogP contribution in [0.25, 0.3) is 11.3 Å². The van der Waals surface area contributed by atoms with Gasteiger partial charge in [0.2, 0.25) is 0 Å². The SMILES string of the molecule is CNC(=O)NCCn1c(-c2ccc(N3CCOCC3)cc2)csc1=Nc1ccc(C(C)=O)cc1. The van der Waals surface area contributed by atoms with Crippen LogP contribution in [0, 0.1) is 0 Å². The Hall–Kier alpha value is -3.43. The van der Waals surface area contributed by atoms with Crippen LogP contribution in [0.4, 0.5) is 16.2 Å². The molecule has 0 bridgehead atoms. The van der Waals surface area contributed by atoms with Gasteiger partial charge >= 0.3 is 6.03 Å². The molecule has 4 rings (SSSR count). The van der Waals surface area contributed by atoms with Crippen LogP contribution in [-0.4, -0.2) is 56.3 Å². The molecule has 178 valence electrons. The molecular formula is C25H29N5O3S. The first-order chi connectivity index (χ1) is 16.5. The third kappa shape index (κ3) is 5.73. The maximum Gasteiger partial charge on any atom is 0.314 e. The molecule has 34 heavy (non-hydrogen) atoms. The van der Waals surface area contributed by atoms with Crippen molar-refractivity contribution < 1.29 is 14.3 Å². The quantitative estimate of drug-likeness (QED) is 0.509. The van der Waals surface area contributed by atoms with Gasteiger partial charge in [-0.15, -0.1) is 11.3 Å². The molecule has 0 atom stereocenters. The number of carbonyl (C=O) groups excluding carboxylic acids is 2. The molecule has 0 saturated carbocycles.